The third kappa shape index (κ3) is 5.17. The normalized spacial score (nSPS) is 10.3. The molecule has 0 spiro atoms. The molecule has 0 aliphatic heterocycles. The summed E-state index contributed by atoms with van der Waals surface area (Å²) in [4.78, 5) is 23.1. The van der Waals surface area contributed by atoms with Gasteiger partial charge in [-0.3, -0.25) is 14.8 Å². The molecule has 0 saturated carbocycles. The van der Waals surface area contributed by atoms with Crippen LogP contribution in [-0.2, 0) is 6.42 Å². The average molecular weight is 333 g/mol. The lowest BCUT2D eigenvalue weighted by atomic mass is 10.1. The van der Waals surface area contributed by atoms with Crippen molar-refractivity contribution in [3.05, 3.63) is 70.2 Å². The molecule has 5 nitrogen and oxygen atoms in total. The average Bonchev–Trinajstić information content (AvgIpc) is 2.59. The number of amides is 1. The zero-order valence-corrected chi connectivity index (χ0v) is 13.1. The molecular formula is C17H17ClN2O3. The number of nitrogens with one attached hydrogen (secondary N) is 2. The lowest BCUT2D eigenvalue weighted by molar-refractivity contribution is 0.0706. The van der Waals surface area contributed by atoms with Gasteiger partial charge >= 0.3 is 0 Å². The van der Waals surface area contributed by atoms with Gasteiger partial charge in [0, 0.05) is 16.1 Å². The van der Waals surface area contributed by atoms with Crippen LogP contribution < -0.4 is 10.8 Å². The zero-order valence-electron chi connectivity index (χ0n) is 12.4. The summed E-state index contributed by atoms with van der Waals surface area (Å²) in [6, 6.07) is 13.7. The Morgan fingerprint density at radius 1 is 0.957 bits per heavy atom. The molecule has 3 N–H and O–H groups in total. The molecule has 23 heavy (non-hydrogen) atoms. The van der Waals surface area contributed by atoms with Crippen LogP contribution in [0.15, 0.2) is 48.5 Å². The predicted molar refractivity (Wildman–Crippen MR) is 88.1 cm³/mol. The SMILES string of the molecule is O=C(CNCCc1ccc(C(=O)NO)cc1)c1ccc(Cl)cc1. The molecule has 0 aromatic heterocycles. The van der Waals surface area contributed by atoms with Crippen molar-refractivity contribution in [2.24, 2.45) is 0 Å². The summed E-state index contributed by atoms with van der Waals surface area (Å²) in [7, 11) is 0. The van der Waals surface area contributed by atoms with Gasteiger partial charge in [0.25, 0.3) is 5.91 Å². The van der Waals surface area contributed by atoms with E-state index in [0.717, 1.165) is 12.0 Å². The highest BCUT2D eigenvalue weighted by Crippen LogP contribution is 2.09. The standard InChI is InChI=1S/C17H17ClN2O3/c18-15-7-5-13(6-8-15)16(21)11-19-10-9-12-1-3-14(4-2-12)17(22)20-23/h1-8,19,23H,9-11H2,(H,20,22). The van der Waals surface area contributed by atoms with Gasteiger partial charge < -0.3 is 5.32 Å². The van der Waals surface area contributed by atoms with Crippen LogP contribution in [-0.4, -0.2) is 30.0 Å². The third-order valence-electron chi connectivity index (χ3n) is 3.36. The second-order valence-corrected chi connectivity index (χ2v) is 5.43. The zero-order chi connectivity index (χ0) is 16.7. The number of ketones is 1. The molecule has 2 aromatic rings. The van der Waals surface area contributed by atoms with Crippen LogP contribution in [0.25, 0.3) is 0 Å². The topological polar surface area (TPSA) is 78.4 Å². The minimum Gasteiger partial charge on any atom is -0.309 e. The van der Waals surface area contributed by atoms with Gasteiger partial charge in [-0.2, -0.15) is 0 Å². The van der Waals surface area contributed by atoms with Crippen molar-refractivity contribution in [1.82, 2.24) is 10.8 Å². The van der Waals surface area contributed by atoms with Gasteiger partial charge in [-0.25, -0.2) is 5.48 Å². The molecule has 0 atom stereocenters. The number of hydroxylamine groups is 1. The monoisotopic (exact) mass is 332 g/mol. The number of halogens is 1. The van der Waals surface area contributed by atoms with E-state index in [-0.39, 0.29) is 12.3 Å². The molecule has 120 valence electrons. The van der Waals surface area contributed by atoms with E-state index < -0.39 is 5.91 Å². The molecule has 0 bridgehead atoms. The maximum absolute atomic E-state index is 11.9. The maximum Gasteiger partial charge on any atom is 0.274 e. The Morgan fingerprint density at radius 3 is 2.17 bits per heavy atom. The summed E-state index contributed by atoms with van der Waals surface area (Å²) >= 11 is 5.79. The van der Waals surface area contributed by atoms with Gasteiger partial charge in [-0.05, 0) is 54.9 Å². The fourth-order valence-electron chi connectivity index (χ4n) is 2.06. The van der Waals surface area contributed by atoms with Crippen molar-refractivity contribution in [3.8, 4) is 0 Å². The Hall–Kier alpha value is -2.21. The minimum atomic E-state index is -0.539. The highest BCUT2D eigenvalue weighted by molar-refractivity contribution is 6.30. The van der Waals surface area contributed by atoms with E-state index in [9.17, 15) is 9.59 Å². The number of rotatable bonds is 7. The van der Waals surface area contributed by atoms with Gasteiger partial charge in [0.15, 0.2) is 5.78 Å². The van der Waals surface area contributed by atoms with E-state index in [2.05, 4.69) is 5.32 Å². The highest BCUT2D eigenvalue weighted by Gasteiger charge is 2.05. The smallest absolute Gasteiger partial charge is 0.274 e. The number of carbonyl (C=O) groups is 2. The lowest BCUT2D eigenvalue weighted by Crippen LogP contribution is -2.25. The minimum absolute atomic E-state index is 0.0108. The molecule has 6 heteroatoms. The summed E-state index contributed by atoms with van der Waals surface area (Å²) in [6.07, 6.45) is 0.731. The summed E-state index contributed by atoms with van der Waals surface area (Å²) in [5.41, 5.74) is 3.64. The summed E-state index contributed by atoms with van der Waals surface area (Å²) in [6.45, 7) is 0.900. The van der Waals surface area contributed by atoms with Gasteiger partial charge in [0.1, 0.15) is 0 Å². The van der Waals surface area contributed by atoms with Gasteiger partial charge in [-0.15, -0.1) is 0 Å². The summed E-state index contributed by atoms with van der Waals surface area (Å²) in [5, 5.41) is 12.2. The first-order chi connectivity index (χ1) is 11.1. The molecule has 0 aliphatic carbocycles. The molecular weight excluding hydrogens is 316 g/mol. The molecule has 1 amide bonds. The number of hydrogen-bond acceptors (Lipinski definition) is 4. The van der Waals surface area contributed by atoms with Crippen LogP contribution in [0.5, 0.6) is 0 Å². The van der Waals surface area contributed by atoms with E-state index in [1.165, 1.54) is 0 Å². The first-order valence-electron chi connectivity index (χ1n) is 7.13. The first-order valence-corrected chi connectivity index (χ1v) is 7.51. The first kappa shape index (κ1) is 17.1. The Balaban J connectivity index is 1.75. The van der Waals surface area contributed by atoms with Crippen molar-refractivity contribution >= 4 is 23.3 Å². The van der Waals surface area contributed by atoms with Crippen molar-refractivity contribution in [3.63, 3.8) is 0 Å². The summed E-state index contributed by atoms with van der Waals surface area (Å²) < 4.78 is 0. The largest absolute Gasteiger partial charge is 0.309 e. The van der Waals surface area contributed by atoms with E-state index in [4.69, 9.17) is 16.8 Å². The van der Waals surface area contributed by atoms with Crippen LogP contribution >= 0.6 is 11.6 Å². The third-order valence-corrected chi connectivity index (χ3v) is 3.61. The summed E-state index contributed by atoms with van der Waals surface area (Å²) in [5.74, 6) is -0.528. The van der Waals surface area contributed by atoms with Crippen LogP contribution in [0.2, 0.25) is 5.02 Å². The van der Waals surface area contributed by atoms with Crippen molar-refractivity contribution < 1.29 is 14.8 Å². The Bertz CT molecular complexity index is 669. The van der Waals surface area contributed by atoms with Crippen molar-refractivity contribution in [2.45, 2.75) is 6.42 Å². The molecule has 0 heterocycles. The predicted octanol–water partition coefficient (Wildman–Crippen LogP) is 2.47. The number of hydrogen-bond donors (Lipinski definition) is 3. The van der Waals surface area contributed by atoms with Crippen molar-refractivity contribution in [1.29, 1.82) is 0 Å². The Labute approximate surface area is 139 Å². The van der Waals surface area contributed by atoms with E-state index in [0.29, 0.717) is 22.7 Å². The fourth-order valence-corrected chi connectivity index (χ4v) is 2.19. The molecule has 0 unspecified atom stereocenters. The van der Waals surface area contributed by atoms with Crippen molar-refractivity contribution in [2.75, 3.05) is 13.1 Å². The van der Waals surface area contributed by atoms with Crippen LogP contribution in [0.3, 0.4) is 0 Å². The number of benzene rings is 2. The number of Topliss-reactive ketones (excluding diaryl/α,β-unsaturated/α-hetero) is 1. The molecule has 0 fully saturated rings. The molecule has 0 saturated heterocycles. The molecule has 2 aromatic carbocycles. The quantitative estimate of drug-likeness (QED) is 0.315. The molecule has 2 rings (SSSR count). The van der Waals surface area contributed by atoms with Gasteiger partial charge in [0.2, 0.25) is 0 Å². The van der Waals surface area contributed by atoms with Crippen LogP contribution in [0, 0.1) is 0 Å². The van der Waals surface area contributed by atoms with E-state index in [1.807, 2.05) is 12.1 Å². The van der Waals surface area contributed by atoms with Gasteiger partial charge in [0.05, 0.1) is 6.54 Å². The van der Waals surface area contributed by atoms with E-state index in [1.54, 1.807) is 41.9 Å². The van der Waals surface area contributed by atoms with Crippen LogP contribution in [0.1, 0.15) is 26.3 Å². The fraction of sp³-hybridized carbons (Fsp3) is 0.176. The van der Waals surface area contributed by atoms with Crippen LogP contribution in [0.4, 0.5) is 0 Å². The Morgan fingerprint density at radius 2 is 1.57 bits per heavy atom. The molecule has 0 radical (unpaired) electrons. The number of carbonyl (C=O) groups excluding carboxylic acids is 2. The maximum atomic E-state index is 11.9. The second kappa shape index (κ2) is 8.43. The van der Waals surface area contributed by atoms with Gasteiger partial charge in [-0.1, -0.05) is 23.7 Å². The molecule has 0 aliphatic rings. The Kier molecular flexibility index (Phi) is 6.29. The highest BCUT2D eigenvalue weighted by atomic mass is 35.5. The second-order valence-electron chi connectivity index (χ2n) is 4.99. The lowest BCUT2D eigenvalue weighted by Gasteiger charge is -2.06. The van der Waals surface area contributed by atoms with E-state index >= 15 is 0 Å².